The van der Waals surface area contributed by atoms with Gasteiger partial charge in [0.05, 0.1) is 19.2 Å². The highest BCUT2D eigenvalue weighted by Crippen LogP contribution is 2.33. The molecule has 2 amide bonds. The molecule has 3 atom stereocenters. The number of carbonyl (C=O) groups is 2. The lowest BCUT2D eigenvalue weighted by Crippen LogP contribution is -2.50. The Bertz CT molecular complexity index is 1130. The summed E-state index contributed by atoms with van der Waals surface area (Å²) in [5.41, 5.74) is 1.60. The van der Waals surface area contributed by atoms with Crippen molar-refractivity contribution in [3.63, 3.8) is 0 Å². The van der Waals surface area contributed by atoms with Crippen LogP contribution >= 0.6 is 0 Å². The van der Waals surface area contributed by atoms with Crippen LogP contribution in [0.4, 0.5) is 0 Å². The zero-order chi connectivity index (χ0) is 25.1. The molecule has 2 aliphatic rings. The highest BCUT2D eigenvalue weighted by atomic mass is 16.7. The summed E-state index contributed by atoms with van der Waals surface area (Å²) < 4.78 is 17.0. The van der Waals surface area contributed by atoms with E-state index >= 15 is 0 Å². The fraction of sp³-hybridized carbons (Fsp3) is 0.423. The van der Waals surface area contributed by atoms with E-state index in [9.17, 15) is 14.7 Å². The first kappa shape index (κ1) is 24.5. The lowest BCUT2D eigenvalue weighted by molar-refractivity contribution is 0.0313. The van der Waals surface area contributed by atoms with Gasteiger partial charge in [0, 0.05) is 31.3 Å². The minimum absolute atomic E-state index is 0.134. The van der Waals surface area contributed by atoms with Gasteiger partial charge in [-0.3, -0.25) is 9.59 Å². The molecule has 0 fully saturated rings. The molecule has 35 heavy (non-hydrogen) atoms. The Kier molecular flexibility index (Phi) is 7.25. The molecular formula is C26H31N3O6. The number of ether oxygens (including phenoxy) is 3. The van der Waals surface area contributed by atoms with Gasteiger partial charge in [-0.1, -0.05) is 19.1 Å². The van der Waals surface area contributed by atoms with Crippen molar-refractivity contribution in [2.45, 2.75) is 32.9 Å². The second-order valence-electron chi connectivity index (χ2n) is 9.00. The van der Waals surface area contributed by atoms with E-state index in [1.807, 2.05) is 26.0 Å². The Hall–Kier alpha value is -3.59. The van der Waals surface area contributed by atoms with E-state index in [0.717, 1.165) is 5.56 Å². The summed E-state index contributed by atoms with van der Waals surface area (Å²) in [5, 5.41) is 9.79. The molecule has 3 heterocycles. The van der Waals surface area contributed by atoms with Gasteiger partial charge in [0.2, 0.25) is 12.7 Å². The molecular weight excluding hydrogens is 450 g/mol. The Labute approximate surface area is 204 Å². The number of amides is 2. The number of allylic oxidation sites excluding steroid dienone is 1. The molecule has 9 heteroatoms. The average molecular weight is 482 g/mol. The summed E-state index contributed by atoms with van der Waals surface area (Å²) in [6.45, 7) is 6.28. The van der Waals surface area contributed by atoms with Gasteiger partial charge in [0.1, 0.15) is 11.7 Å². The van der Waals surface area contributed by atoms with Crippen molar-refractivity contribution < 1.29 is 28.9 Å². The number of aromatic nitrogens is 1. The summed E-state index contributed by atoms with van der Waals surface area (Å²) >= 11 is 0. The molecule has 1 aromatic heterocycles. The van der Waals surface area contributed by atoms with Crippen LogP contribution in [0.15, 0.2) is 36.5 Å². The summed E-state index contributed by atoms with van der Waals surface area (Å²) in [6, 6.07) is 6.47. The average Bonchev–Trinajstić information content (AvgIpc) is 3.33. The van der Waals surface area contributed by atoms with Gasteiger partial charge < -0.3 is 29.1 Å². The third-order valence-corrected chi connectivity index (χ3v) is 6.32. The minimum atomic E-state index is -0.432. The number of nitrogens with zero attached hydrogens (tertiary/aromatic N) is 3. The fourth-order valence-electron chi connectivity index (χ4n) is 4.22. The molecule has 0 unspecified atom stereocenters. The number of hydrogen-bond donors (Lipinski definition) is 1. The van der Waals surface area contributed by atoms with Crippen LogP contribution in [0.3, 0.4) is 0 Å². The third kappa shape index (κ3) is 5.09. The number of aliphatic hydroxyl groups excluding tert-OH is 1. The van der Waals surface area contributed by atoms with Crippen molar-refractivity contribution in [2.75, 3.05) is 33.5 Å². The van der Waals surface area contributed by atoms with Crippen LogP contribution in [0.5, 0.6) is 17.4 Å². The molecule has 0 radical (unpaired) electrons. The normalized spacial score (nSPS) is 20.1. The molecule has 186 valence electrons. The zero-order valence-corrected chi connectivity index (χ0v) is 20.4. The van der Waals surface area contributed by atoms with Crippen molar-refractivity contribution in [3.8, 4) is 17.4 Å². The van der Waals surface area contributed by atoms with Crippen LogP contribution in [0.2, 0.25) is 0 Å². The predicted molar refractivity (Wildman–Crippen MR) is 130 cm³/mol. The first-order chi connectivity index (χ1) is 16.8. The van der Waals surface area contributed by atoms with Gasteiger partial charge in [-0.25, -0.2) is 4.98 Å². The summed E-state index contributed by atoms with van der Waals surface area (Å²) in [6.07, 6.45) is 4.94. The van der Waals surface area contributed by atoms with Crippen molar-refractivity contribution >= 4 is 17.9 Å². The second kappa shape index (κ2) is 10.4. The monoisotopic (exact) mass is 481 g/mol. The number of fused-ring (bicyclic) bond motifs is 2. The van der Waals surface area contributed by atoms with E-state index in [4.69, 9.17) is 14.2 Å². The predicted octanol–water partition coefficient (Wildman–Crippen LogP) is 2.84. The molecule has 2 aliphatic heterocycles. The highest BCUT2D eigenvalue weighted by molar-refractivity contribution is 5.97. The Morgan fingerprint density at radius 1 is 1.31 bits per heavy atom. The van der Waals surface area contributed by atoms with Crippen LogP contribution < -0.4 is 14.2 Å². The molecule has 1 N–H and O–H groups in total. The Balaban J connectivity index is 1.61. The molecule has 9 nitrogen and oxygen atoms in total. The molecule has 0 spiro atoms. The highest BCUT2D eigenvalue weighted by Gasteiger charge is 2.35. The number of rotatable bonds is 6. The number of benzene rings is 1. The van der Waals surface area contributed by atoms with Gasteiger partial charge in [-0.2, -0.15) is 0 Å². The van der Waals surface area contributed by atoms with Gasteiger partial charge in [-0.15, -0.1) is 0 Å². The lowest BCUT2D eigenvalue weighted by atomic mass is 9.99. The first-order valence-electron chi connectivity index (χ1n) is 11.7. The van der Waals surface area contributed by atoms with Crippen LogP contribution in [-0.4, -0.2) is 77.4 Å². The maximum Gasteiger partial charge on any atom is 0.259 e. The van der Waals surface area contributed by atoms with E-state index in [1.54, 1.807) is 54.2 Å². The molecule has 0 saturated heterocycles. The minimum Gasteiger partial charge on any atom is -0.472 e. The van der Waals surface area contributed by atoms with Crippen molar-refractivity contribution in [1.29, 1.82) is 0 Å². The zero-order valence-electron chi connectivity index (χ0n) is 20.4. The summed E-state index contributed by atoms with van der Waals surface area (Å²) in [4.78, 5) is 34.2. The standard InChI is InChI=1S/C26H31N3O6/c1-5-6-18-9-20-24(27-11-18)35-23(16(2)12-29(26(20)32)17(3)14-30)13-28(4)25(31)19-7-8-21-22(10-19)34-15-33-21/h5-11,16-17,23,30H,12-15H2,1-4H3/b6-5+/t16-,17+,23-/m1/s1. The van der Waals surface area contributed by atoms with Gasteiger partial charge in [-0.05, 0) is 43.7 Å². The van der Waals surface area contributed by atoms with Gasteiger partial charge >= 0.3 is 0 Å². The maximum atomic E-state index is 13.4. The van der Waals surface area contributed by atoms with E-state index in [-0.39, 0.29) is 49.6 Å². The largest absolute Gasteiger partial charge is 0.472 e. The lowest BCUT2D eigenvalue weighted by Gasteiger charge is -2.37. The Morgan fingerprint density at radius 3 is 2.83 bits per heavy atom. The fourth-order valence-corrected chi connectivity index (χ4v) is 4.22. The molecule has 4 rings (SSSR count). The van der Waals surface area contributed by atoms with Crippen molar-refractivity contribution in [3.05, 3.63) is 53.2 Å². The van der Waals surface area contributed by atoms with E-state index in [2.05, 4.69) is 4.98 Å². The van der Waals surface area contributed by atoms with E-state index < -0.39 is 6.10 Å². The number of pyridine rings is 1. The third-order valence-electron chi connectivity index (χ3n) is 6.32. The molecule has 0 bridgehead atoms. The quantitative estimate of drug-likeness (QED) is 0.677. The topological polar surface area (TPSA) is 101 Å². The first-order valence-corrected chi connectivity index (χ1v) is 11.7. The SMILES string of the molecule is C/C=C/c1cnc2c(c1)C(=O)N([C@@H](C)CO)C[C@@H](C)[C@@H](CN(C)C(=O)c1ccc3c(c1)OCO3)O2. The van der Waals surface area contributed by atoms with Gasteiger partial charge in [0.25, 0.3) is 11.8 Å². The van der Waals surface area contributed by atoms with E-state index in [1.165, 1.54) is 0 Å². The summed E-state index contributed by atoms with van der Waals surface area (Å²) in [5.74, 6) is 0.819. The summed E-state index contributed by atoms with van der Waals surface area (Å²) in [7, 11) is 1.71. The van der Waals surface area contributed by atoms with Crippen LogP contribution in [-0.2, 0) is 0 Å². The van der Waals surface area contributed by atoms with Crippen LogP contribution in [0, 0.1) is 5.92 Å². The molecule has 2 aromatic rings. The van der Waals surface area contributed by atoms with E-state index in [0.29, 0.717) is 29.2 Å². The van der Waals surface area contributed by atoms with Crippen molar-refractivity contribution in [2.24, 2.45) is 5.92 Å². The smallest absolute Gasteiger partial charge is 0.259 e. The molecule has 0 aliphatic carbocycles. The number of aliphatic hydroxyl groups is 1. The van der Waals surface area contributed by atoms with Crippen LogP contribution in [0.25, 0.3) is 6.08 Å². The molecule has 1 aromatic carbocycles. The number of carbonyl (C=O) groups excluding carboxylic acids is 2. The maximum absolute atomic E-state index is 13.4. The number of likely N-dealkylation sites (N-methyl/N-ethyl adjacent to an activating group) is 1. The van der Waals surface area contributed by atoms with Crippen molar-refractivity contribution in [1.82, 2.24) is 14.8 Å². The second-order valence-corrected chi connectivity index (χ2v) is 9.00. The molecule has 0 saturated carbocycles. The Morgan fingerprint density at radius 2 is 2.09 bits per heavy atom. The van der Waals surface area contributed by atoms with Gasteiger partial charge in [0.15, 0.2) is 11.5 Å². The van der Waals surface area contributed by atoms with Crippen LogP contribution in [0.1, 0.15) is 47.1 Å². The number of hydrogen-bond acceptors (Lipinski definition) is 7.